The molecule has 5 rings (SSSR count). The number of anilines is 1. The topological polar surface area (TPSA) is 79.3 Å². The van der Waals surface area contributed by atoms with Crippen molar-refractivity contribution in [2.45, 2.75) is 81.8 Å². The van der Waals surface area contributed by atoms with Crippen molar-refractivity contribution in [2.24, 2.45) is 19.1 Å². The van der Waals surface area contributed by atoms with Gasteiger partial charge in [-0.05, 0) is 67.7 Å². The molecule has 0 bridgehead atoms. The number of nitrogens with one attached hydrogen (secondary N) is 1. The zero-order valence-electron chi connectivity index (χ0n) is 25.4. The highest BCUT2D eigenvalue weighted by Crippen LogP contribution is 2.26. The maximum Gasteiger partial charge on any atom is 0.243 e. The number of aliphatic hydroxyl groups is 1. The van der Waals surface area contributed by atoms with E-state index in [1.807, 2.05) is 37.0 Å². The third-order valence-electron chi connectivity index (χ3n) is 7.78. The van der Waals surface area contributed by atoms with Crippen LogP contribution in [-0.2, 0) is 44.8 Å². The maximum absolute atomic E-state index is 13.0. The molecule has 0 aliphatic heterocycles. The first-order valence-electron chi connectivity index (χ1n) is 15.0. The van der Waals surface area contributed by atoms with Crippen LogP contribution in [0.5, 0.6) is 0 Å². The molecule has 0 atom stereocenters. The van der Waals surface area contributed by atoms with E-state index in [1.165, 1.54) is 5.56 Å². The zero-order chi connectivity index (χ0) is 30.2. The van der Waals surface area contributed by atoms with E-state index in [0.717, 1.165) is 62.3 Å². The number of hydrogen-bond acceptors (Lipinski definition) is 4. The van der Waals surface area contributed by atoms with Crippen molar-refractivity contribution in [1.29, 1.82) is 0 Å². The lowest BCUT2D eigenvalue weighted by molar-refractivity contribution is -0.671. The van der Waals surface area contributed by atoms with Crippen molar-refractivity contribution >= 4 is 22.9 Å². The number of carbonyl (C=O) groups excluding carboxylic acids is 1. The summed E-state index contributed by atoms with van der Waals surface area (Å²) >= 11 is 0. The number of nitrogens with zero attached hydrogens (tertiary/aromatic N) is 5. The van der Waals surface area contributed by atoms with Gasteiger partial charge >= 0.3 is 0 Å². The Labute approximate surface area is 283 Å². The van der Waals surface area contributed by atoms with Crippen LogP contribution in [0, 0.1) is 0 Å². The van der Waals surface area contributed by atoms with Gasteiger partial charge in [-0.15, -0.1) is 0 Å². The van der Waals surface area contributed by atoms with Crippen molar-refractivity contribution in [3.63, 3.8) is 0 Å². The summed E-state index contributed by atoms with van der Waals surface area (Å²) in [6.07, 6.45) is 18.9. The van der Waals surface area contributed by atoms with E-state index in [4.69, 9.17) is 0 Å². The average molecular weight is 643 g/mol. The predicted molar refractivity (Wildman–Crippen MR) is 196 cm³/mol. The number of benzene rings is 2. The van der Waals surface area contributed by atoms with Crippen LogP contribution in [0.2, 0.25) is 0 Å². The largest absolute Gasteiger partial charge is 0.507 e. The van der Waals surface area contributed by atoms with Gasteiger partial charge in [-0.25, -0.2) is 23.3 Å². The van der Waals surface area contributed by atoms with E-state index in [2.05, 4.69) is 91.7 Å². The molecule has 4 aromatic rings. The molecule has 0 saturated heterocycles. The van der Waals surface area contributed by atoms with Crippen LogP contribution in [0.15, 0.2) is 114 Å². The Morgan fingerprint density at radius 2 is 1.36 bits per heavy atom. The molecule has 0 radical (unpaired) electrons. The lowest BCUT2D eigenvalue weighted by atomic mass is 9.91. The van der Waals surface area contributed by atoms with Gasteiger partial charge in [-0.3, -0.25) is 4.79 Å². The first-order chi connectivity index (χ1) is 20.8. The lowest BCUT2D eigenvalue weighted by Crippen LogP contribution is -2.23. The molecule has 0 unspecified atom stereocenters. The number of imidazole rings is 2. The third kappa shape index (κ3) is 11.2. The molecular weight excluding hydrogens is 584 g/mol. The highest BCUT2D eigenvalue weighted by molar-refractivity contribution is 6.51. The van der Waals surface area contributed by atoms with Crippen LogP contribution in [0.3, 0.4) is 0 Å². The van der Waals surface area contributed by atoms with Crippen LogP contribution < -0.4 is 14.5 Å². The molecule has 2 N–H and O–H groups in total. The fourth-order valence-corrected chi connectivity index (χ4v) is 5.28. The summed E-state index contributed by atoms with van der Waals surface area (Å²) in [5.74, 6) is -0.189. The number of aryl methyl sites for hydroxylation is 5. The van der Waals surface area contributed by atoms with Gasteiger partial charge in [-0.1, -0.05) is 54.0 Å². The summed E-state index contributed by atoms with van der Waals surface area (Å²) < 4.78 is 8.48. The second-order valence-electron chi connectivity index (χ2n) is 11.4. The smallest absolute Gasteiger partial charge is 0.243 e. The molecule has 254 valence electrons. The van der Waals surface area contributed by atoms with Crippen molar-refractivity contribution < 1.29 is 19.0 Å². The number of ketones is 1. The summed E-state index contributed by atoms with van der Waals surface area (Å²) in [6.45, 7) is 4.52. The van der Waals surface area contributed by atoms with E-state index in [0.29, 0.717) is 23.3 Å². The first-order valence-corrected chi connectivity index (χ1v) is 15.0. The van der Waals surface area contributed by atoms with Crippen LogP contribution >= 0.6 is 0 Å². The van der Waals surface area contributed by atoms with Gasteiger partial charge in [0.15, 0.2) is 0 Å². The number of Topliss-reactive ketones (excluding diaryl/α,β-unsaturated/α-hetero) is 1. The third-order valence-corrected chi connectivity index (χ3v) is 7.78. The molecule has 1 aliphatic rings. The summed E-state index contributed by atoms with van der Waals surface area (Å²) in [7, 11) is 4.06. The van der Waals surface area contributed by atoms with Crippen LogP contribution in [-0.4, -0.2) is 32.3 Å². The molecule has 0 saturated carbocycles. The van der Waals surface area contributed by atoms with E-state index in [1.54, 1.807) is 13.0 Å². The lowest BCUT2D eigenvalue weighted by Gasteiger charge is -2.16. The highest BCUT2D eigenvalue weighted by Gasteiger charge is 2.24. The Kier molecular flexibility index (Phi) is 16.3. The fourth-order valence-electron chi connectivity index (χ4n) is 5.28. The Hall–Kier alpha value is -4.72. The van der Waals surface area contributed by atoms with Gasteiger partial charge in [-0.2, -0.15) is 0 Å². The molecule has 8 heteroatoms. The van der Waals surface area contributed by atoms with Gasteiger partial charge in [0.2, 0.25) is 18.4 Å². The van der Waals surface area contributed by atoms with Gasteiger partial charge < -0.3 is 10.4 Å². The molecule has 2 aromatic carbocycles. The highest BCUT2D eigenvalue weighted by atomic mass is 16.3. The summed E-state index contributed by atoms with van der Waals surface area (Å²) in [6, 6.07) is 16.3. The van der Waals surface area contributed by atoms with E-state index in [-0.39, 0.29) is 41.2 Å². The molecule has 0 fully saturated rings. The molecule has 1 aliphatic carbocycles. The molecule has 0 spiro atoms. The minimum Gasteiger partial charge on any atom is -0.507 e. The van der Waals surface area contributed by atoms with Crippen molar-refractivity contribution in [2.75, 3.05) is 11.9 Å². The molecule has 47 heavy (non-hydrogen) atoms. The van der Waals surface area contributed by atoms with Crippen LogP contribution in [0.4, 0.5) is 11.4 Å². The molecule has 2 aromatic heterocycles. The van der Waals surface area contributed by atoms with E-state index >= 15 is 0 Å². The van der Waals surface area contributed by atoms with Gasteiger partial charge in [0, 0.05) is 36.2 Å². The quantitative estimate of drug-likeness (QED) is 0.0893. The van der Waals surface area contributed by atoms with E-state index < -0.39 is 0 Å². The number of carbonyl (C=O) groups is 1. The van der Waals surface area contributed by atoms with Crippen molar-refractivity contribution in [3.05, 3.63) is 120 Å². The maximum atomic E-state index is 13.0. The molecule has 0 amide bonds. The van der Waals surface area contributed by atoms with Crippen molar-refractivity contribution in [3.8, 4) is 0 Å². The van der Waals surface area contributed by atoms with Crippen molar-refractivity contribution in [1.82, 2.24) is 9.13 Å². The zero-order valence-corrected chi connectivity index (χ0v) is 25.4. The number of aliphatic imine (C=N–C) groups is 1. The monoisotopic (exact) mass is 642 g/mol. The van der Waals surface area contributed by atoms with Gasteiger partial charge in [0.05, 0.1) is 32.9 Å². The summed E-state index contributed by atoms with van der Waals surface area (Å²) in [5.41, 5.74) is 5.49. The Morgan fingerprint density at radius 3 is 1.94 bits per heavy atom. The van der Waals surface area contributed by atoms with Gasteiger partial charge in [0.25, 0.3) is 0 Å². The standard InChI is InChI=1S/C35H41N6O2.4CH4/c1-27-34(42)30(23-29-10-12-31(13-11-29)36-16-6-18-41-22-20-39(3)26-41)24-33(35(27)43)37-32-14-8-28(9-15-32)7-4-5-17-40-21-19-38(2)25-40;;;;/h8-15,19-22,24-26,36H,4-7,16-18,23H2,1-3H3;4*1H4/q+1;;;;/p+1. The summed E-state index contributed by atoms with van der Waals surface area (Å²) in [4.78, 5) is 17.6. The van der Waals surface area contributed by atoms with E-state index in [9.17, 15) is 9.90 Å². The minimum absolute atomic E-state index is 0. The Bertz CT molecular complexity index is 1640. The fraction of sp³-hybridized carbons (Fsp3) is 0.385. The Morgan fingerprint density at radius 1 is 0.787 bits per heavy atom. The van der Waals surface area contributed by atoms with Gasteiger partial charge in [0.1, 0.15) is 36.3 Å². The molecular formula is C39H58N6O2+2. The number of aliphatic hydroxyl groups excluding tert-OH is 1. The normalized spacial score (nSPS) is 13.2. The van der Waals surface area contributed by atoms with Crippen LogP contribution in [0.1, 0.15) is 67.0 Å². The summed E-state index contributed by atoms with van der Waals surface area (Å²) in [5, 5.41) is 14.3. The number of rotatable bonds is 13. The number of unbranched alkanes of at least 4 members (excludes halogenated alkanes) is 1. The SMILES string of the molecule is C.C.C.C.CC1=C(O)C(Cc2ccc(NCCCn3cc[n+](C)c3)cc2)=CC(=Nc2ccc(CCCCn3cc[n+](C)c3)cc2)C1=O. The first kappa shape index (κ1) is 40.3. The minimum atomic E-state index is -0.239. The second-order valence-corrected chi connectivity index (χ2v) is 11.4. The second kappa shape index (κ2) is 19.1. The molecule has 8 nitrogen and oxygen atoms in total. The predicted octanol–water partition coefficient (Wildman–Crippen LogP) is 7.66. The Balaban J connectivity index is 0.00000276. The number of allylic oxidation sites excluding steroid dienone is 3. The number of hydrogen-bond donors (Lipinski definition) is 2. The number of aromatic nitrogens is 4. The van der Waals surface area contributed by atoms with Crippen LogP contribution in [0.25, 0.3) is 0 Å². The average Bonchev–Trinajstić information content (AvgIpc) is 3.63. The molecule has 2 heterocycles.